The van der Waals surface area contributed by atoms with Crippen LogP contribution in [0.1, 0.15) is 26.3 Å². The maximum Gasteiger partial charge on any atom is 0.451 e. The average molecular weight is 393 g/mol. The monoisotopic (exact) mass is 393 g/mol. The molecule has 0 aliphatic carbocycles. The Labute approximate surface area is 156 Å². The van der Waals surface area contributed by atoms with Crippen molar-refractivity contribution in [2.45, 2.75) is 26.2 Å². The van der Waals surface area contributed by atoms with Crippen molar-refractivity contribution in [3.63, 3.8) is 0 Å². The molecule has 1 aromatic carbocycles. The Kier molecular flexibility index (Phi) is 4.22. The van der Waals surface area contributed by atoms with Crippen LogP contribution in [-0.4, -0.2) is 37.1 Å². The number of alkyl halides is 3. The van der Waals surface area contributed by atoms with Crippen molar-refractivity contribution in [2.24, 2.45) is 0 Å². The van der Waals surface area contributed by atoms with Crippen LogP contribution in [0.25, 0.3) is 11.3 Å². The first-order valence-electron chi connectivity index (χ1n) is 8.16. The molecule has 6 nitrogen and oxygen atoms in total. The van der Waals surface area contributed by atoms with E-state index in [-0.39, 0.29) is 31.4 Å². The Bertz CT molecular complexity index is 996. The molecule has 0 saturated heterocycles. The molecule has 1 aliphatic heterocycles. The summed E-state index contributed by atoms with van der Waals surface area (Å²) in [6.45, 7) is 1.95. The molecule has 1 aliphatic rings. The number of halogens is 3. The molecule has 2 aromatic heterocycles. The van der Waals surface area contributed by atoms with Gasteiger partial charge in [0.05, 0.1) is 17.2 Å². The second-order valence-electron chi connectivity index (χ2n) is 6.09. The molecular formula is C17H14F3N5OS. The zero-order valence-corrected chi connectivity index (χ0v) is 15.0. The van der Waals surface area contributed by atoms with Crippen molar-refractivity contribution in [1.82, 2.24) is 24.6 Å². The summed E-state index contributed by atoms with van der Waals surface area (Å²) in [5.41, 5.74) is 1.41. The van der Waals surface area contributed by atoms with Crippen LogP contribution in [0, 0.1) is 6.92 Å². The summed E-state index contributed by atoms with van der Waals surface area (Å²) >= 11 is 1.28. The average Bonchev–Trinajstić information content (AvgIpc) is 3.24. The van der Waals surface area contributed by atoms with Crippen LogP contribution in [-0.2, 0) is 19.3 Å². The van der Waals surface area contributed by atoms with Gasteiger partial charge in [0.2, 0.25) is 5.82 Å². The molecule has 1 amide bonds. The van der Waals surface area contributed by atoms with E-state index in [4.69, 9.17) is 0 Å². The predicted molar refractivity (Wildman–Crippen MR) is 92.1 cm³/mol. The minimum absolute atomic E-state index is 0.00136. The maximum absolute atomic E-state index is 13.0. The van der Waals surface area contributed by atoms with Crippen LogP contribution < -0.4 is 0 Å². The lowest BCUT2D eigenvalue weighted by Crippen LogP contribution is -2.39. The van der Waals surface area contributed by atoms with E-state index >= 15 is 0 Å². The molecule has 0 spiro atoms. The van der Waals surface area contributed by atoms with Crippen LogP contribution >= 0.6 is 11.3 Å². The molecule has 10 heteroatoms. The summed E-state index contributed by atoms with van der Waals surface area (Å²) in [7, 11) is 0. The zero-order valence-electron chi connectivity index (χ0n) is 14.2. The van der Waals surface area contributed by atoms with Gasteiger partial charge in [0.15, 0.2) is 5.82 Å². The van der Waals surface area contributed by atoms with Crippen molar-refractivity contribution in [2.75, 3.05) is 6.54 Å². The predicted octanol–water partition coefficient (Wildman–Crippen LogP) is 3.38. The van der Waals surface area contributed by atoms with Gasteiger partial charge in [-0.05, 0) is 6.92 Å². The lowest BCUT2D eigenvalue weighted by atomic mass is 10.1. The van der Waals surface area contributed by atoms with E-state index in [0.29, 0.717) is 10.6 Å². The largest absolute Gasteiger partial charge is 0.451 e. The third-order valence-electron chi connectivity index (χ3n) is 4.27. The highest BCUT2D eigenvalue weighted by molar-refractivity contribution is 7.14. The van der Waals surface area contributed by atoms with Crippen LogP contribution in [0.4, 0.5) is 13.2 Å². The van der Waals surface area contributed by atoms with E-state index < -0.39 is 12.0 Å². The van der Waals surface area contributed by atoms with Gasteiger partial charge in [0.25, 0.3) is 5.91 Å². The second kappa shape index (κ2) is 6.45. The van der Waals surface area contributed by atoms with Gasteiger partial charge in [-0.15, -0.1) is 21.5 Å². The number of rotatable bonds is 2. The number of carbonyl (C=O) groups is 1. The molecule has 0 atom stereocenters. The molecule has 0 fully saturated rings. The topological polar surface area (TPSA) is 63.9 Å². The fourth-order valence-corrected chi connectivity index (χ4v) is 3.96. The number of carbonyl (C=O) groups excluding carboxylic acids is 1. The standard InChI is InChI=1S/C17H14F3N5OS/c1-10-21-13(11-5-3-2-4-6-11)14(27-10)15(26)24-7-8-25-12(9-24)22-23-16(25)17(18,19)20/h2-6H,7-9H2,1H3. The Hall–Kier alpha value is -2.75. The van der Waals surface area contributed by atoms with Gasteiger partial charge in [0.1, 0.15) is 4.88 Å². The Morgan fingerprint density at radius 2 is 1.89 bits per heavy atom. The van der Waals surface area contributed by atoms with Gasteiger partial charge < -0.3 is 9.47 Å². The molecule has 0 saturated carbocycles. The lowest BCUT2D eigenvalue weighted by molar-refractivity contribution is -0.147. The maximum atomic E-state index is 13.0. The smallest absolute Gasteiger partial charge is 0.329 e. The summed E-state index contributed by atoms with van der Waals surface area (Å²) in [6, 6.07) is 9.34. The molecule has 140 valence electrons. The van der Waals surface area contributed by atoms with E-state index in [0.717, 1.165) is 15.1 Å². The van der Waals surface area contributed by atoms with Gasteiger partial charge >= 0.3 is 6.18 Å². The number of aromatic nitrogens is 4. The Balaban J connectivity index is 1.63. The quantitative estimate of drug-likeness (QED) is 0.670. The molecule has 4 rings (SSSR count). The van der Waals surface area contributed by atoms with E-state index in [1.54, 1.807) is 0 Å². The molecular weight excluding hydrogens is 379 g/mol. The summed E-state index contributed by atoms with van der Waals surface area (Å²) < 4.78 is 39.9. The zero-order chi connectivity index (χ0) is 19.2. The first kappa shape index (κ1) is 17.7. The molecule has 27 heavy (non-hydrogen) atoms. The number of hydrogen-bond acceptors (Lipinski definition) is 5. The summed E-state index contributed by atoms with van der Waals surface area (Å²) in [6.07, 6.45) is -4.56. The third kappa shape index (κ3) is 3.20. The molecule has 3 heterocycles. The molecule has 0 bridgehead atoms. The summed E-state index contributed by atoms with van der Waals surface area (Å²) in [5, 5.41) is 7.61. The van der Waals surface area contributed by atoms with E-state index in [2.05, 4.69) is 15.2 Å². The minimum Gasteiger partial charge on any atom is -0.329 e. The number of benzene rings is 1. The first-order valence-corrected chi connectivity index (χ1v) is 8.97. The van der Waals surface area contributed by atoms with Gasteiger partial charge in [-0.2, -0.15) is 13.2 Å². The van der Waals surface area contributed by atoms with Gasteiger partial charge in [-0.25, -0.2) is 4.98 Å². The van der Waals surface area contributed by atoms with Crippen molar-refractivity contribution in [3.8, 4) is 11.3 Å². The molecule has 0 radical (unpaired) electrons. The molecule has 3 aromatic rings. The summed E-state index contributed by atoms with van der Waals surface area (Å²) in [5.74, 6) is -1.16. The van der Waals surface area contributed by atoms with Crippen LogP contribution in [0.5, 0.6) is 0 Å². The van der Waals surface area contributed by atoms with Crippen molar-refractivity contribution in [1.29, 1.82) is 0 Å². The van der Waals surface area contributed by atoms with Gasteiger partial charge in [-0.1, -0.05) is 30.3 Å². The van der Waals surface area contributed by atoms with Gasteiger partial charge in [0, 0.05) is 18.7 Å². The number of thiazole rings is 1. The highest BCUT2D eigenvalue weighted by atomic mass is 32.1. The van der Waals surface area contributed by atoms with E-state index in [1.165, 1.54) is 16.2 Å². The van der Waals surface area contributed by atoms with Crippen LogP contribution in [0.2, 0.25) is 0 Å². The summed E-state index contributed by atoms with van der Waals surface area (Å²) in [4.78, 5) is 19.5. The molecule has 0 unspecified atom stereocenters. The number of aryl methyl sites for hydroxylation is 1. The Morgan fingerprint density at radius 1 is 1.15 bits per heavy atom. The number of fused-ring (bicyclic) bond motifs is 1. The van der Waals surface area contributed by atoms with Gasteiger partial charge in [-0.3, -0.25) is 4.79 Å². The fraction of sp³-hybridized carbons (Fsp3) is 0.294. The molecule has 0 N–H and O–H groups in total. The highest BCUT2D eigenvalue weighted by Crippen LogP contribution is 2.32. The van der Waals surface area contributed by atoms with E-state index in [9.17, 15) is 18.0 Å². The third-order valence-corrected chi connectivity index (χ3v) is 5.23. The second-order valence-corrected chi connectivity index (χ2v) is 7.30. The lowest BCUT2D eigenvalue weighted by Gasteiger charge is -2.27. The van der Waals surface area contributed by atoms with Crippen molar-refractivity contribution < 1.29 is 18.0 Å². The Morgan fingerprint density at radius 3 is 2.59 bits per heavy atom. The van der Waals surface area contributed by atoms with E-state index in [1.807, 2.05) is 37.3 Å². The van der Waals surface area contributed by atoms with Crippen LogP contribution in [0.3, 0.4) is 0 Å². The number of nitrogens with zero attached hydrogens (tertiary/aromatic N) is 5. The van der Waals surface area contributed by atoms with Crippen LogP contribution in [0.15, 0.2) is 30.3 Å². The van der Waals surface area contributed by atoms with Crippen molar-refractivity contribution in [3.05, 3.63) is 51.9 Å². The fourth-order valence-electron chi connectivity index (χ4n) is 3.05. The number of amides is 1. The normalized spacial score (nSPS) is 14.3. The number of hydrogen-bond donors (Lipinski definition) is 0. The highest BCUT2D eigenvalue weighted by Gasteiger charge is 2.40. The van der Waals surface area contributed by atoms with Crippen molar-refractivity contribution >= 4 is 17.2 Å². The SMILES string of the molecule is Cc1nc(-c2ccccc2)c(C(=O)N2CCn3c(nnc3C(F)(F)F)C2)s1. The first-order chi connectivity index (χ1) is 12.8. The minimum atomic E-state index is -4.56.